The highest BCUT2D eigenvalue weighted by molar-refractivity contribution is 5.59. The Kier molecular flexibility index (Phi) is 4.98. The van der Waals surface area contributed by atoms with Crippen LogP contribution in [0.4, 0.5) is 15.8 Å². The molecule has 2 atom stereocenters. The van der Waals surface area contributed by atoms with E-state index < -0.39 is 10.7 Å². The van der Waals surface area contributed by atoms with Crippen LogP contribution in [-0.2, 0) is 0 Å². The molecule has 1 aliphatic carbocycles. The third-order valence-electron chi connectivity index (χ3n) is 4.24. The number of rotatable bonds is 5. The van der Waals surface area contributed by atoms with Crippen LogP contribution in [0.2, 0.25) is 0 Å². The van der Waals surface area contributed by atoms with Crippen LogP contribution in [0.25, 0.3) is 0 Å². The van der Waals surface area contributed by atoms with Crippen LogP contribution < -0.4 is 10.1 Å². The molecule has 1 aromatic rings. The summed E-state index contributed by atoms with van der Waals surface area (Å²) < 4.78 is 19.1. The number of ether oxygens (including phenoxy) is 1. The number of halogens is 1. The molecular weight excluding hydrogens is 275 g/mol. The van der Waals surface area contributed by atoms with Crippen molar-refractivity contribution in [2.24, 2.45) is 5.92 Å². The van der Waals surface area contributed by atoms with Crippen molar-refractivity contribution >= 4 is 11.4 Å². The molecule has 2 unspecified atom stereocenters. The molecular formula is C15H21FN2O3. The molecule has 5 nitrogen and oxygen atoms in total. The third kappa shape index (κ3) is 3.43. The first-order valence-electron chi connectivity index (χ1n) is 7.35. The lowest BCUT2D eigenvalue weighted by Gasteiger charge is -2.32. The Hall–Kier alpha value is -1.85. The van der Waals surface area contributed by atoms with Gasteiger partial charge in [-0.1, -0.05) is 26.2 Å². The minimum Gasteiger partial charge on any atom is -0.490 e. The van der Waals surface area contributed by atoms with E-state index in [4.69, 9.17) is 4.74 Å². The lowest BCUT2D eigenvalue weighted by Crippen LogP contribution is -2.32. The SMILES string of the molecule is CCC1CCCCC1Nc1cc(OC)c([N+](=O)[O-])cc1F. The Morgan fingerprint density at radius 2 is 2.14 bits per heavy atom. The zero-order valence-corrected chi connectivity index (χ0v) is 12.4. The topological polar surface area (TPSA) is 64.4 Å². The molecule has 1 aliphatic rings. The highest BCUT2D eigenvalue weighted by Crippen LogP contribution is 2.35. The molecule has 0 radical (unpaired) electrons. The van der Waals surface area contributed by atoms with Crippen LogP contribution in [0.3, 0.4) is 0 Å². The third-order valence-corrected chi connectivity index (χ3v) is 4.24. The zero-order valence-electron chi connectivity index (χ0n) is 12.4. The molecule has 1 aromatic carbocycles. The van der Waals surface area contributed by atoms with Gasteiger partial charge in [-0.15, -0.1) is 0 Å². The van der Waals surface area contributed by atoms with E-state index in [-0.39, 0.29) is 23.2 Å². The number of hydrogen-bond donors (Lipinski definition) is 1. The van der Waals surface area contributed by atoms with Gasteiger partial charge in [0.1, 0.15) is 0 Å². The molecule has 0 aliphatic heterocycles. The number of nitro benzene ring substituents is 1. The van der Waals surface area contributed by atoms with Crippen molar-refractivity contribution in [3.8, 4) is 5.75 Å². The Labute approximate surface area is 123 Å². The fourth-order valence-corrected chi connectivity index (χ4v) is 3.05. The standard InChI is InChI=1S/C15H21FN2O3/c1-3-10-6-4-5-7-12(10)17-13-9-15(21-2)14(18(19)20)8-11(13)16/h8-10,12,17H,3-7H2,1-2H3. The van der Waals surface area contributed by atoms with Crippen molar-refractivity contribution in [1.29, 1.82) is 0 Å². The molecule has 0 bridgehead atoms. The summed E-state index contributed by atoms with van der Waals surface area (Å²) >= 11 is 0. The van der Waals surface area contributed by atoms with Gasteiger partial charge in [-0.05, 0) is 18.8 Å². The molecule has 6 heteroatoms. The number of benzene rings is 1. The van der Waals surface area contributed by atoms with E-state index in [9.17, 15) is 14.5 Å². The normalized spacial score (nSPS) is 21.9. The van der Waals surface area contributed by atoms with E-state index in [0.29, 0.717) is 5.92 Å². The molecule has 1 N–H and O–H groups in total. The Morgan fingerprint density at radius 3 is 2.76 bits per heavy atom. The summed E-state index contributed by atoms with van der Waals surface area (Å²) in [5.41, 5.74) is -0.0703. The molecule has 1 fully saturated rings. The second kappa shape index (κ2) is 6.74. The second-order valence-corrected chi connectivity index (χ2v) is 5.46. The molecule has 0 saturated heterocycles. The predicted molar refractivity (Wildman–Crippen MR) is 79.3 cm³/mol. The van der Waals surface area contributed by atoms with Crippen molar-refractivity contribution in [3.05, 3.63) is 28.1 Å². The van der Waals surface area contributed by atoms with Gasteiger partial charge >= 0.3 is 5.69 Å². The van der Waals surface area contributed by atoms with Gasteiger partial charge in [0, 0.05) is 12.1 Å². The van der Waals surface area contributed by atoms with Gasteiger partial charge in [0.15, 0.2) is 11.6 Å². The molecule has 2 rings (SSSR count). The molecule has 0 aromatic heterocycles. The van der Waals surface area contributed by atoms with Crippen molar-refractivity contribution < 1.29 is 14.1 Å². The van der Waals surface area contributed by atoms with Gasteiger partial charge in [0.2, 0.25) is 0 Å². The van der Waals surface area contributed by atoms with E-state index in [1.54, 1.807) is 0 Å². The largest absolute Gasteiger partial charge is 0.490 e. The number of anilines is 1. The van der Waals surface area contributed by atoms with Crippen molar-refractivity contribution in [3.63, 3.8) is 0 Å². The van der Waals surface area contributed by atoms with Gasteiger partial charge in [0.25, 0.3) is 0 Å². The number of hydrogen-bond acceptors (Lipinski definition) is 4. The average molecular weight is 296 g/mol. The first kappa shape index (κ1) is 15.5. The summed E-state index contributed by atoms with van der Waals surface area (Å²) in [5.74, 6) is -0.0185. The average Bonchev–Trinajstić information content (AvgIpc) is 2.49. The van der Waals surface area contributed by atoms with E-state index in [1.807, 2.05) is 0 Å². The van der Waals surface area contributed by atoms with Gasteiger partial charge in [-0.2, -0.15) is 0 Å². The monoisotopic (exact) mass is 296 g/mol. The number of methoxy groups -OCH3 is 1. The summed E-state index contributed by atoms with van der Waals surface area (Å²) in [6.07, 6.45) is 5.52. The fraction of sp³-hybridized carbons (Fsp3) is 0.600. The summed E-state index contributed by atoms with van der Waals surface area (Å²) in [6, 6.07) is 2.52. The molecule has 1 saturated carbocycles. The highest BCUT2D eigenvalue weighted by Gasteiger charge is 2.26. The fourth-order valence-electron chi connectivity index (χ4n) is 3.05. The van der Waals surface area contributed by atoms with E-state index >= 15 is 0 Å². The lowest BCUT2D eigenvalue weighted by molar-refractivity contribution is -0.385. The van der Waals surface area contributed by atoms with Crippen LogP contribution in [0.15, 0.2) is 12.1 Å². The summed E-state index contributed by atoms with van der Waals surface area (Å²) in [7, 11) is 1.35. The quantitative estimate of drug-likeness (QED) is 0.655. The van der Waals surface area contributed by atoms with Gasteiger partial charge in [-0.25, -0.2) is 4.39 Å². The van der Waals surface area contributed by atoms with Crippen LogP contribution in [0.5, 0.6) is 5.75 Å². The Balaban J connectivity index is 2.25. The molecule has 0 heterocycles. The summed E-state index contributed by atoms with van der Waals surface area (Å²) in [4.78, 5) is 10.2. The summed E-state index contributed by atoms with van der Waals surface area (Å²) in [6.45, 7) is 2.14. The van der Waals surface area contributed by atoms with Crippen molar-refractivity contribution in [1.82, 2.24) is 0 Å². The van der Waals surface area contributed by atoms with Crippen LogP contribution in [0.1, 0.15) is 39.0 Å². The van der Waals surface area contributed by atoms with Gasteiger partial charge < -0.3 is 10.1 Å². The minimum atomic E-state index is -0.638. The number of nitro groups is 1. The molecule has 0 amide bonds. The predicted octanol–water partition coefficient (Wildman–Crippen LogP) is 4.12. The maximum atomic E-state index is 14.1. The van der Waals surface area contributed by atoms with Gasteiger partial charge in [0.05, 0.1) is 23.8 Å². The van der Waals surface area contributed by atoms with Crippen LogP contribution in [0, 0.1) is 21.8 Å². The molecule has 116 valence electrons. The smallest absolute Gasteiger partial charge is 0.313 e. The second-order valence-electron chi connectivity index (χ2n) is 5.46. The minimum absolute atomic E-state index is 0.0766. The first-order valence-corrected chi connectivity index (χ1v) is 7.35. The van der Waals surface area contributed by atoms with Crippen molar-refractivity contribution in [2.45, 2.75) is 45.1 Å². The maximum absolute atomic E-state index is 14.1. The van der Waals surface area contributed by atoms with E-state index in [1.165, 1.54) is 19.6 Å². The van der Waals surface area contributed by atoms with Crippen LogP contribution >= 0.6 is 0 Å². The van der Waals surface area contributed by atoms with E-state index in [2.05, 4.69) is 12.2 Å². The lowest BCUT2D eigenvalue weighted by atomic mass is 9.83. The maximum Gasteiger partial charge on any atom is 0.313 e. The summed E-state index contributed by atoms with van der Waals surface area (Å²) in [5, 5.41) is 14.1. The Bertz CT molecular complexity index is 522. The highest BCUT2D eigenvalue weighted by atomic mass is 19.1. The van der Waals surface area contributed by atoms with E-state index in [0.717, 1.165) is 31.7 Å². The van der Waals surface area contributed by atoms with Gasteiger partial charge in [-0.3, -0.25) is 10.1 Å². The molecule has 0 spiro atoms. The number of nitrogens with one attached hydrogen (secondary N) is 1. The molecule has 21 heavy (non-hydrogen) atoms. The first-order chi connectivity index (χ1) is 10.1. The van der Waals surface area contributed by atoms with Crippen molar-refractivity contribution in [2.75, 3.05) is 12.4 Å². The Morgan fingerprint density at radius 1 is 1.43 bits per heavy atom. The number of nitrogens with zero attached hydrogens (tertiary/aromatic N) is 1. The zero-order chi connectivity index (χ0) is 15.4. The van der Waals surface area contributed by atoms with Crippen LogP contribution in [-0.4, -0.2) is 18.1 Å².